The Bertz CT molecular complexity index is 302. The van der Waals surface area contributed by atoms with Crippen LogP contribution in [0.15, 0.2) is 0 Å². The summed E-state index contributed by atoms with van der Waals surface area (Å²) in [4.78, 5) is 14.3. The Morgan fingerprint density at radius 2 is 2.00 bits per heavy atom. The highest BCUT2D eigenvalue weighted by atomic mass is 16.3. The Labute approximate surface area is 110 Å². The van der Waals surface area contributed by atoms with Gasteiger partial charge in [-0.3, -0.25) is 4.79 Å². The summed E-state index contributed by atoms with van der Waals surface area (Å²) in [6, 6.07) is 0.274. The number of hydrogen-bond acceptors (Lipinski definition) is 3. The van der Waals surface area contributed by atoms with Gasteiger partial charge in [0.1, 0.15) is 0 Å². The Kier molecular flexibility index (Phi) is 4.28. The fourth-order valence-electron chi connectivity index (χ4n) is 3.41. The van der Waals surface area contributed by atoms with Crippen LogP contribution in [0, 0.1) is 17.8 Å². The van der Waals surface area contributed by atoms with Gasteiger partial charge in [-0.2, -0.15) is 0 Å². The summed E-state index contributed by atoms with van der Waals surface area (Å²) in [6.07, 6.45) is 4.43. The molecule has 104 valence electrons. The lowest BCUT2D eigenvalue weighted by Crippen LogP contribution is -2.45. The van der Waals surface area contributed by atoms with Gasteiger partial charge in [0.15, 0.2) is 0 Å². The molecule has 0 radical (unpaired) electrons. The average Bonchev–Trinajstić information content (AvgIpc) is 2.26. The molecule has 3 N–H and O–H groups in total. The van der Waals surface area contributed by atoms with E-state index in [-0.39, 0.29) is 24.0 Å². The van der Waals surface area contributed by atoms with Crippen molar-refractivity contribution in [2.45, 2.75) is 51.2 Å². The molecule has 3 unspecified atom stereocenters. The number of amides is 1. The molecule has 0 aromatic carbocycles. The van der Waals surface area contributed by atoms with Crippen LogP contribution in [0.25, 0.3) is 0 Å². The molecule has 18 heavy (non-hydrogen) atoms. The van der Waals surface area contributed by atoms with Gasteiger partial charge in [0.05, 0.1) is 6.10 Å². The van der Waals surface area contributed by atoms with Crippen molar-refractivity contribution in [2.24, 2.45) is 23.5 Å². The highest BCUT2D eigenvalue weighted by Gasteiger charge is 2.35. The van der Waals surface area contributed by atoms with Crippen molar-refractivity contribution in [3.05, 3.63) is 0 Å². The van der Waals surface area contributed by atoms with Gasteiger partial charge in [0.2, 0.25) is 5.91 Å². The van der Waals surface area contributed by atoms with E-state index in [2.05, 4.69) is 6.92 Å². The van der Waals surface area contributed by atoms with Crippen LogP contribution in [0.4, 0.5) is 0 Å². The molecule has 3 atom stereocenters. The summed E-state index contributed by atoms with van der Waals surface area (Å²) in [6.45, 7) is 2.94. The minimum absolute atomic E-state index is 0.134. The van der Waals surface area contributed by atoms with Crippen molar-refractivity contribution < 1.29 is 9.90 Å². The van der Waals surface area contributed by atoms with Crippen LogP contribution in [0.5, 0.6) is 0 Å². The first-order valence-electron chi connectivity index (χ1n) is 7.16. The maximum absolute atomic E-state index is 12.4. The zero-order chi connectivity index (χ0) is 13.3. The van der Waals surface area contributed by atoms with Gasteiger partial charge in [-0.05, 0) is 43.9 Å². The third-order valence-corrected chi connectivity index (χ3v) is 4.65. The third-order valence-electron chi connectivity index (χ3n) is 4.65. The molecule has 1 amide bonds. The Balaban J connectivity index is 1.82. The van der Waals surface area contributed by atoms with Crippen molar-refractivity contribution in [1.29, 1.82) is 0 Å². The summed E-state index contributed by atoms with van der Waals surface area (Å²) >= 11 is 0. The number of carbonyl (C=O) groups excluding carboxylic acids is 1. The fourth-order valence-corrected chi connectivity index (χ4v) is 3.41. The summed E-state index contributed by atoms with van der Waals surface area (Å²) in [5, 5.41) is 9.27. The van der Waals surface area contributed by atoms with Crippen LogP contribution in [0.1, 0.15) is 39.0 Å². The maximum Gasteiger partial charge on any atom is 0.225 e. The fraction of sp³-hybridized carbons (Fsp3) is 0.929. The molecule has 2 fully saturated rings. The summed E-state index contributed by atoms with van der Waals surface area (Å²) in [7, 11) is 1.90. The average molecular weight is 254 g/mol. The van der Waals surface area contributed by atoms with Crippen LogP contribution in [0.2, 0.25) is 0 Å². The number of hydrogen-bond donors (Lipinski definition) is 2. The standard InChI is InChI=1S/C14H26N2O2/c1-9-5-11(15)3-4-13(9)14(18)16(2)8-10-6-12(17)7-10/h9-13,17H,3-8,15H2,1-2H3. The van der Waals surface area contributed by atoms with Crippen molar-refractivity contribution in [2.75, 3.05) is 13.6 Å². The van der Waals surface area contributed by atoms with E-state index in [9.17, 15) is 9.90 Å². The van der Waals surface area contributed by atoms with E-state index in [0.717, 1.165) is 38.6 Å². The minimum Gasteiger partial charge on any atom is -0.393 e. The van der Waals surface area contributed by atoms with Crippen molar-refractivity contribution in [3.63, 3.8) is 0 Å². The molecule has 0 aliphatic heterocycles. The topological polar surface area (TPSA) is 66.6 Å². The summed E-state index contributed by atoms with van der Waals surface area (Å²) < 4.78 is 0. The van der Waals surface area contributed by atoms with Gasteiger partial charge in [0, 0.05) is 25.6 Å². The largest absolute Gasteiger partial charge is 0.393 e. The van der Waals surface area contributed by atoms with Crippen LogP contribution in [-0.2, 0) is 4.79 Å². The summed E-state index contributed by atoms with van der Waals surface area (Å²) in [5.41, 5.74) is 5.94. The SMILES string of the molecule is CC1CC(N)CCC1C(=O)N(C)CC1CC(O)C1. The molecule has 0 saturated heterocycles. The van der Waals surface area contributed by atoms with E-state index in [0.29, 0.717) is 11.8 Å². The van der Waals surface area contributed by atoms with Crippen LogP contribution in [-0.4, -0.2) is 41.7 Å². The molecule has 0 aromatic heterocycles. The van der Waals surface area contributed by atoms with Gasteiger partial charge in [-0.15, -0.1) is 0 Å². The van der Waals surface area contributed by atoms with Crippen molar-refractivity contribution in [3.8, 4) is 0 Å². The number of nitrogens with two attached hydrogens (primary N) is 1. The zero-order valence-electron chi connectivity index (χ0n) is 11.5. The molecule has 2 aliphatic rings. The molecular weight excluding hydrogens is 228 g/mol. The third kappa shape index (κ3) is 3.04. The van der Waals surface area contributed by atoms with Crippen molar-refractivity contribution >= 4 is 5.91 Å². The van der Waals surface area contributed by atoms with Crippen LogP contribution >= 0.6 is 0 Å². The Morgan fingerprint density at radius 3 is 2.56 bits per heavy atom. The molecule has 0 spiro atoms. The molecular formula is C14H26N2O2. The first-order chi connectivity index (χ1) is 8.47. The zero-order valence-corrected chi connectivity index (χ0v) is 11.5. The van der Waals surface area contributed by atoms with Gasteiger partial charge < -0.3 is 15.7 Å². The Hall–Kier alpha value is -0.610. The molecule has 2 aliphatic carbocycles. The lowest BCUT2D eigenvalue weighted by Gasteiger charge is -2.38. The number of carbonyl (C=O) groups is 1. The highest BCUT2D eigenvalue weighted by Crippen LogP contribution is 2.32. The second-order valence-electron chi connectivity index (χ2n) is 6.37. The predicted molar refractivity (Wildman–Crippen MR) is 70.8 cm³/mol. The first-order valence-corrected chi connectivity index (χ1v) is 7.16. The lowest BCUT2D eigenvalue weighted by atomic mass is 9.77. The van der Waals surface area contributed by atoms with E-state index in [1.165, 1.54) is 0 Å². The molecule has 0 aromatic rings. The second kappa shape index (κ2) is 5.57. The van der Waals surface area contributed by atoms with Gasteiger partial charge in [0.25, 0.3) is 0 Å². The van der Waals surface area contributed by atoms with E-state index in [4.69, 9.17) is 5.73 Å². The normalized spacial score (nSPS) is 40.1. The smallest absolute Gasteiger partial charge is 0.225 e. The van der Waals surface area contributed by atoms with Gasteiger partial charge in [-0.25, -0.2) is 0 Å². The molecule has 2 rings (SSSR count). The lowest BCUT2D eigenvalue weighted by molar-refractivity contribution is -0.138. The molecule has 0 bridgehead atoms. The van der Waals surface area contributed by atoms with Crippen molar-refractivity contribution in [1.82, 2.24) is 4.90 Å². The van der Waals surface area contributed by atoms with E-state index in [1.54, 1.807) is 0 Å². The molecule has 4 nitrogen and oxygen atoms in total. The molecule has 0 heterocycles. The monoisotopic (exact) mass is 254 g/mol. The number of aliphatic hydroxyl groups excluding tert-OH is 1. The summed E-state index contributed by atoms with van der Waals surface area (Å²) in [5.74, 6) is 1.32. The molecule has 4 heteroatoms. The second-order valence-corrected chi connectivity index (χ2v) is 6.37. The highest BCUT2D eigenvalue weighted by molar-refractivity contribution is 5.79. The van der Waals surface area contributed by atoms with E-state index >= 15 is 0 Å². The number of nitrogens with zero attached hydrogens (tertiary/aromatic N) is 1. The van der Waals surface area contributed by atoms with Crippen LogP contribution < -0.4 is 5.73 Å². The molecule has 2 saturated carbocycles. The quantitative estimate of drug-likeness (QED) is 0.789. The van der Waals surface area contributed by atoms with E-state index in [1.807, 2.05) is 11.9 Å². The van der Waals surface area contributed by atoms with Crippen LogP contribution in [0.3, 0.4) is 0 Å². The predicted octanol–water partition coefficient (Wildman–Crippen LogP) is 0.979. The van der Waals surface area contributed by atoms with Gasteiger partial charge >= 0.3 is 0 Å². The Morgan fingerprint density at radius 1 is 1.33 bits per heavy atom. The first kappa shape index (κ1) is 13.8. The number of rotatable bonds is 3. The van der Waals surface area contributed by atoms with E-state index < -0.39 is 0 Å². The number of aliphatic hydroxyl groups is 1. The maximum atomic E-state index is 12.4. The minimum atomic E-state index is -0.134. The van der Waals surface area contributed by atoms with Gasteiger partial charge in [-0.1, -0.05) is 6.92 Å².